The SMILES string of the molecule is CC(CC1OCC1C)c1nccn1C. The molecule has 3 unspecified atom stereocenters. The van der Waals surface area contributed by atoms with Crippen molar-refractivity contribution < 1.29 is 4.74 Å². The minimum Gasteiger partial charge on any atom is -0.377 e. The van der Waals surface area contributed by atoms with Crippen LogP contribution in [0, 0.1) is 5.92 Å². The van der Waals surface area contributed by atoms with E-state index in [1.54, 1.807) is 0 Å². The van der Waals surface area contributed by atoms with Gasteiger partial charge < -0.3 is 9.30 Å². The zero-order chi connectivity index (χ0) is 10.1. The Morgan fingerprint density at radius 3 is 2.93 bits per heavy atom. The Morgan fingerprint density at radius 1 is 1.71 bits per heavy atom. The van der Waals surface area contributed by atoms with Gasteiger partial charge in [0.2, 0.25) is 0 Å². The minimum atomic E-state index is 0.446. The highest BCUT2D eigenvalue weighted by Crippen LogP contribution is 2.29. The molecule has 0 N–H and O–H groups in total. The molecule has 2 heterocycles. The molecule has 0 aromatic carbocycles. The number of hydrogen-bond donors (Lipinski definition) is 0. The summed E-state index contributed by atoms with van der Waals surface area (Å²) >= 11 is 0. The fourth-order valence-electron chi connectivity index (χ4n) is 2.03. The first-order chi connectivity index (χ1) is 6.68. The minimum absolute atomic E-state index is 0.446. The maximum atomic E-state index is 5.51. The molecular formula is C11H18N2O. The summed E-state index contributed by atoms with van der Waals surface area (Å²) in [5, 5.41) is 0. The average molecular weight is 194 g/mol. The number of rotatable bonds is 3. The van der Waals surface area contributed by atoms with Crippen LogP contribution in [0.2, 0.25) is 0 Å². The summed E-state index contributed by atoms with van der Waals surface area (Å²) in [6, 6.07) is 0. The molecule has 1 saturated heterocycles. The molecule has 0 bridgehead atoms. The molecule has 78 valence electrons. The number of hydrogen-bond acceptors (Lipinski definition) is 2. The lowest BCUT2D eigenvalue weighted by Gasteiger charge is -2.35. The van der Waals surface area contributed by atoms with Crippen molar-refractivity contribution in [3.05, 3.63) is 18.2 Å². The predicted molar refractivity (Wildman–Crippen MR) is 55.1 cm³/mol. The number of ether oxygens (including phenoxy) is 1. The van der Waals surface area contributed by atoms with Crippen molar-refractivity contribution in [2.75, 3.05) is 6.61 Å². The molecular weight excluding hydrogens is 176 g/mol. The summed E-state index contributed by atoms with van der Waals surface area (Å²) in [6.45, 7) is 5.40. The van der Waals surface area contributed by atoms with Crippen LogP contribution in [-0.4, -0.2) is 22.3 Å². The lowest BCUT2D eigenvalue weighted by Crippen LogP contribution is -2.38. The molecule has 0 amide bonds. The van der Waals surface area contributed by atoms with Gasteiger partial charge in [-0.3, -0.25) is 0 Å². The van der Waals surface area contributed by atoms with Crippen molar-refractivity contribution in [3.8, 4) is 0 Å². The zero-order valence-electron chi connectivity index (χ0n) is 9.10. The monoisotopic (exact) mass is 194 g/mol. The molecule has 3 atom stereocenters. The second-order valence-corrected chi connectivity index (χ2v) is 4.38. The van der Waals surface area contributed by atoms with Crippen molar-refractivity contribution >= 4 is 0 Å². The summed E-state index contributed by atoms with van der Waals surface area (Å²) in [4.78, 5) is 4.36. The zero-order valence-corrected chi connectivity index (χ0v) is 9.10. The Balaban J connectivity index is 1.95. The highest BCUT2D eigenvalue weighted by Gasteiger charge is 2.30. The molecule has 1 fully saturated rings. The third-order valence-electron chi connectivity index (χ3n) is 3.09. The first-order valence-corrected chi connectivity index (χ1v) is 5.27. The van der Waals surface area contributed by atoms with Gasteiger partial charge in [-0.2, -0.15) is 0 Å². The number of imidazole rings is 1. The summed E-state index contributed by atoms with van der Waals surface area (Å²) in [5.74, 6) is 2.37. The first-order valence-electron chi connectivity index (χ1n) is 5.27. The summed E-state index contributed by atoms with van der Waals surface area (Å²) in [6.07, 6.45) is 5.39. The standard InChI is InChI=1S/C11H18N2O/c1-8(6-10-9(2)7-14-10)11-12-4-5-13(11)3/h4-5,8-10H,6-7H2,1-3H3. The molecule has 1 aliphatic heterocycles. The molecule has 1 aromatic rings. The molecule has 3 nitrogen and oxygen atoms in total. The van der Waals surface area contributed by atoms with Crippen LogP contribution in [0.3, 0.4) is 0 Å². The molecule has 14 heavy (non-hydrogen) atoms. The Morgan fingerprint density at radius 2 is 2.50 bits per heavy atom. The fraction of sp³-hybridized carbons (Fsp3) is 0.727. The van der Waals surface area contributed by atoms with Gasteiger partial charge in [0.25, 0.3) is 0 Å². The van der Waals surface area contributed by atoms with Crippen LogP contribution < -0.4 is 0 Å². The van der Waals surface area contributed by atoms with E-state index in [-0.39, 0.29) is 0 Å². The largest absolute Gasteiger partial charge is 0.377 e. The number of aryl methyl sites for hydroxylation is 1. The van der Waals surface area contributed by atoms with Gasteiger partial charge in [-0.25, -0.2) is 4.98 Å². The number of nitrogens with zero attached hydrogens (tertiary/aromatic N) is 2. The molecule has 1 aromatic heterocycles. The topological polar surface area (TPSA) is 27.1 Å². The van der Waals surface area contributed by atoms with Crippen LogP contribution in [0.25, 0.3) is 0 Å². The maximum absolute atomic E-state index is 5.51. The van der Waals surface area contributed by atoms with Gasteiger partial charge in [0, 0.05) is 31.3 Å². The highest BCUT2D eigenvalue weighted by atomic mass is 16.5. The van der Waals surface area contributed by atoms with E-state index in [1.807, 2.05) is 19.4 Å². The Labute approximate surface area is 85.1 Å². The second kappa shape index (κ2) is 3.73. The van der Waals surface area contributed by atoms with E-state index in [4.69, 9.17) is 4.74 Å². The molecule has 0 spiro atoms. The van der Waals surface area contributed by atoms with E-state index < -0.39 is 0 Å². The maximum Gasteiger partial charge on any atom is 0.111 e. The van der Waals surface area contributed by atoms with Gasteiger partial charge in [0.1, 0.15) is 5.82 Å². The van der Waals surface area contributed by atoms with E-state index in [0.29, 0.717) is 12.0 Å². The van der Waals surface area contributed by atoms with Crippen molar-refractivity contribution in [1.29, 1.82) is 0 Å². The average Bonchev–Trinajstić information content (AvgIpc) is 2.58. The summed E-state index contributed by atoms with van der Waals surface area (Å²) < 4.78 is 7.61. The van der Waals surface area contributed by atoms with E-state index in [2.05, 4.69) is 23.4 Å². The van der Waals surface area contributed by atoms with Crippen molar-refractivity contribution in [2.45, 2.75) is 32.3 Å². The first kappa shape index (κ1) is 9.71. The third-order valence-corrected chi connectivity index (χ3v) is 3.09. The van der Waals surface area contributed by atoms with Crippen molar-refractivity contribution in [2.24, 2.45) is 13.0 Å². The Kier molecular flexibility index (Phi) is 2.59. The quantitative estimate of drug-likeness (QED) is 0.735. The molecule has 2 rings (SSSR count). The van der Waals surface area contributed by atoms with Crippen LogP contribution in [0.5, 0.6) is 0 Å². The van der Waals surface area contributed by atoms with Crippen LogP contribution in [0.4, 0.5) is 0 Å². The van der Waals surface area contributed by atoms with E-state index in [0.717, 1.165) is 24.8 Å². The molecule has 0 aliphatic carbocycles. The van der Waals surface area contributed by atoms with E-state index >= 15 is 0 Å². The van der Waals surface area contributed by atoms with Gasteiger partial charge in [0.05, 0.1) is 12.7 Å². The lowest BCUT2D eigenvalue weighted by atomic mass is 9.91. The van der Waals surface area contributed by atoms with Gasteiger partial charge >= 0.3 is 0 Å². The summed E-state index contributed by atoms with van der Waals surface area (Å²) in [7, 11) is 2.05. The van der Waals surface area contributed by atoms with E-state index in [1.165, 1.54) is 0 Å². The van der Waals surface area contributed by atoms with Gasteiger partial charge in [-0.1, -0.05) is 13.8 Å². The van der Waals surface area contributed by atoms with Crippen LogP contribution in [0.1, 0.15) is 32.0 Å². The van der Waals surface area contributed by atoms with Crippen molar-refractivity contribution in [1.82, 2.24) is 9.55 Å². The van der Waals surface area contributed by atoms with Crippen LogP contribution in [-0.2, 0) is 11.8 Å². The second-order valence-electron chi connectivity index (χ2n) is 4.38. The molecule has 0 radical (unpaired) electrons. The van der Waals surface area contributed by atoms with Gasteiger partial charge in [-0.15, -0.1) is 0 Å². The molecule has 3 heteroatoms. The third kappa shape index (κ3) is 1.69. The van der Waals surface area contributed by atoms with Crippen molar-refractivity contribution in [3.63, 3.8) is 0 Å². The van der Waals surface area contributed by atoms with Crippen LogP contribution in [0.15, 0.2) is 12.4 Å². The Bertz CT molecular complexity index is 308. The Hall–Kier alpha value is -0.830. The van der Waals surface area contributed by atoms with E-state index in [9.17, 15) is 0 Å². The fourth-order valence-corrected chi connectivity index (χ4v) is 2.03. The highest BCUT2D eigenvalue weighted by molar-refractivity contribution is 4.99. The van der Waals surface area contributed by atoms with Gasteiger partial charge in [0.15, 0.2) is 0 Å². The predicted octanol–water partition coefficient (Wildman–Crippen LogP) is 1.95. The summed E-state index contributed by atoms with van der Waals surface area (Å²) in [5.41, 5.74) is 0. The normalized spacial score (nSPS) is 28.5. The molecule has 1 aliphatic rings. The number of aromatic nitrogens is 2. The molecule has 0 saturated carbocycles. The van der Waals surface area contributed by atoms with Gasteiger partial charge in [-0.05, 0) is 6.42 Å². The smallest absolute Gasteiger partial charge is 0.111 e. The van der Waals surface area contributed by atoms with Crippen LogP contribution >= 0.6 is 0 Å². The lowest BCUT2D eigenvalue weighted by molar-refractivity contribution is -0.112.